The molecule has 2 aliphatic heterocycles. The summed E-state index contributed by atoms with van der Waals surface area (Å²) < 4.78 is 0. The van der Waals surface area contributed by atoms with Crippen LogP contribution in [0.4, 0.5) is 11.5 Å². The van der Waals surface area contributed by atoms with E-state index in [1.54, 1.807) is 0 Å². The third-order valence-corrected chi connectivity index (χ3v) is 6.23. The normalized spacial score (nSPS) is 18.8. The second-order valence-corrected chi connectivity index (χ2v) is 9.02. The average molecular weight is 407 g/mol. The van der Waals surface area contributed by atoms with Gasteiger partial charge in [-0.15, -0.1) is 0 Å². The summed E-state index contributed by atoms with van der Waals surface area (Å²) in [6.07, 6.45) is 3.33. The smallest absolute Gasteiger partial charge is 0.253 e. The number of rotatable bonds is 3. The lowest BCUT2D eigenvalue weighted by molar-refractivity contribution is -0.117. The Bertz CT molecular complexity index is 960. The van der Waals surface area contributed by atoms with Gasteiger partial charge in [0.1, 0.15) is 5.82 Å². The molecule has 158 valence electrons. The summed E-state index contributed by atoms with van der Waals surface area (Å²) in [5, 5.41) is 0. The van der Waals surface area contributed by atoms with Gasteiger partial charge in [0.05, 0.1) is 0 Å². The molecule has 2 fully saturated rings. The van der Waals surface area contributed by atoms with Crippen LogP contribution >= 0.6 is 0 Å². The fourth-order valence-electron chi connectivity index (χ4n) is 4.56. The lowest BCUT2D eigenvalue weighted by Crippen LogP contribution is -2.49. The minimum Gasteiger partial charge on any atom is -0.353 e. The van der Waals surface area contributed by atoms with E-state index in [0.717, 1.165) is 36.6 Å². The molecule has 1 aromatic carbocycles. The van der Waals surface area contributed by atoms with Crippen molar-refractivity contribution in [2.45, 2.75) is 46.1 Å². The van der Waals surface area contributed by atoms with Gasteiger partial charge >= 0.3 is 0 Å². The van der Waals surface area contributed by atoms with Gasteiger partial charge in [0.15, 0.2) is 0 Å². The summed E-state index contributed by atoms with van der Waals surface area (Å²) in [5.41, 5.74) is 3.68. The van der Waals surface area contributed by atoms with E-state index in [-0.39, 0.29) is 17.4 Å². The van der Waals surface area contributed by atoms with Crippen LogP contribution in [0.5, 0.6) is 0 Å². The van der Waals surface area contributed by atoms with E-state index >= 15 is 0 Å². The molecule has 0 unspecified atom stereocenters. The second kappa shape index (κ2) is 7.74. The summed E-state index contributed by atoms with van der Waals surface area (Å²) in [6, 6.07) is 9.63. The van der Waals surface area contributed by atoms with E-state index in [2.05, 4.69) is 36.7 Å². The quantitative estimate of drug-likeness (QED) is 0.782. The molecule has 2 saturated heterocycles. The Labute approximate surface area is 178 Å². The van der Waals surface area contributed by atoms with Crippen LogP contribution in [0.2, 0.25) is 0 Å². The number of aryl methyl sites for hydroxylation is 2. The molecule has 4 rings (SSSR count). The number of pyridine rings is 1. The molecule has 0 bridgehead atoms. The zero-order valence-corrected chi connectivity index (χ0v) is 18.3. The van der Waals surface area contributed by atoms with E-state index in [4.69, 9.17) is 0 Å². The van der Waals surface area contributed by atoms with E-state index < -0.39 is 0 Å². The molecule has 2 aromatic rings. The van der Waals surface area contributed by atoms with Crippen LogP contribution in [0.15, 0.2) is 36.5 Å². The summed E-state index contributed by atoms with van der Waals surface area (Å²) >= 11 is 0. The van der Waals surface area contributed by atoms with E-state index in [1.807, 2.05) is 47.2 Å². The second-order valence-electron chi connectivity index (χ2n) is 9.02. The lowest BCUT2D eigenvalue weighted by Gasteiger charge is -2.36. The van der Waals surface area contributed by atoms with Crippen LogP contribution in [0.25, 0.3) is 0 Å². The molecule has 0 radical (unpaired) electrons. The standard InChI is InChI=1S/C24H30N4O2/c1-17-15-18(2)22(25-16-17)26-11-13-27(14-12-26)23(30)19-5-7-20(8-6-19)28-21(29)9-10-24(28,3)4/h5-8,15-16H,9-14H2,1-4H3. The van der Waals surface area contributed by atoms with Gasteiger partial charge in [-0.25, -0.2) is 4.98 Å². The molecule has 2 amide bonds. The van der Waals surface area contributed by atoms with Crippen LogP contribution in [-0.4, -0.2) is 53.4 Å². The maximum absolute atomic E-state index is 13.0. The number of anilines is 2. The highest BCUT2D eigenvalue weighted by Gasteiger charge is 2.38. The molecule has 30 heavy (non-hydrogen) atoms. The number of benzene rings is 1. The summed E-state index contributed by atoms with van der Waals surface area (Å²) in [4.78, 5) is 35.9. The molecule has 6 nitrogen and oxygen atoms in total. The average Bonchev–Trinajstić information content (AvgIpc) is 3.00. The number of hydrogen-bond acceptors (Lipinski definition) is 4. The predicted octanol–water partition coefficient (Wildman–Crippen LogP) is 3.57. The molecule has 6 heteroatoms. The number of hydrogen-bond donors (Lipinski definition) is 0. The molecule has 1 aromatic heterocycles. The van der Waals surface area contributed by atoms with Gasteiger partial charge in [-0.1, -0.05) is 6.07 Å². The van der Waals surface area contributed by atoms with E-state index in [1.165, 1.54) is 5.56 Å². The number of carbonyl (C=O) groups is 2. The van der Waals surface area contributed by atoms with Crippen molar-refractivity contribution in [3.05, 3.63) is 53.2 Å². The van der Waals surface area contributed by atoms with Gasteiger partial charge in [-0.2, -0.15) is 0 Å². The first-order valence-electron chi connectivity index (χ1n) is 10.7. The van der Waals surface area contributed by atoms with Crippen LogP contribution in [0.1, 0.15) is 48.2 Å². The fourth-order valence-corrected chi connectivity index (χ4v) is 4.56. The zero-order chi connectivity index (χ0) is 21.5. The number of amides is 2. The van der Waals surface area contributed by atoms with Crippen molar-refractivity contribution in [2.24, 2.45) is 0 Å². The van der Waals surface area contributed by atoms with Gasteiger partial charge in [-0.05, 0) is 69.5 Å². The monoisotopic (exact) mass is 406 g/mol. The van der Waals surface area contributed by atoms with Gasteiger partial charge in [-0.3, -0.25) is 9.59 Å². The van der Waals surface area contributed by atoms with Crippen molar-refractivity contribution in [3.63, 3.8) is 0 Å². The topological polar surface area (TPSA) is 56.8 Å². The van der Waals surface area contributed by atoms with Crippen LogP contribution in [0.3, 0.4) is 0 Å². The zero-order valence-electron chi connectivity index (χ0n) is 18.3. The van der Waals surface area contributed by atoms with Crippen molar-refractivity contribution in [3.8, 4) is 0 Å². The summed E-state index contributed by atoms with van der Waals surface area (Å²) in [6.45, 7) is 11.2. The lowest BCUT2D eigenvalue weighted by atomic mass is 10.0. The summed E-state index contributed by atoms with van der Waals surface area (Å²) in [5.74, 6) is 1.20. The van der Waals surface area contributed by atoms with Crippen LogP contribution in [-0.2, 0) is 4.79 Å². The maximum Gasteiger partial charge on any atom is 0.253 e. The highest BCUT2D eigenvalue weighted by atomic mass is 16.2. The van der Waals surface area contributed by atoms with Crippen molar-refractivity contribution in [2.75, 3.05) is 36.0 Å². The SMILES string of the molecule is Cc1cnc(N2CCN(C(=O)c3ccc(N4C(=O)CCC4(C)C)cc3)CC2)c(C)c1. The Kier molecular flexibility index (Phi) is 5.26. The minimum atomic E-state index is -0.179. The van der Waals surface area contributed by atoms with Gasteiger partial charge in [0.2, 0.25) is 5.91 Å². The Morgan fingerprint density at radius 2 is 1.70 bits per heavy atom. The highest BCUT2D eigenvalue weighted by molar-refractivity contribution is 5.98. The maximum atomic E-state index is 13.0. The van der Waals surface area contributed by atoms with Crippen molar-refractivity contribution in [1.82, 2.24) is 9.88 Å². The van der Waals surface area contributed by atoms with Crippen LogP contribution in [0, 0.1) is 13.8 Å². The fraction of sp³-hybridized carbons (Fsp3) is 0.458. The van der Waals surface area contributed by atoms with Gasteiger partial charge < -0.3 is 14.7 Å². The predicted molar refractivity (Wildman–Crippen MR) is 119 cm³/mol. The highest BCUT2D eigenvalue weighted by Crippen LogP contribution is 2.34. The van der Waals surface area contributed by atoms with Crippen molar-refractivity contribution in [1.29, 1.82) is 0 Å². The first-order valence-corrected chi connectivity index (χ1v) is 10.7. The van der Waals surface area contributed by atoms with Crippen molar-refractivity contribution >= 4 is 23.3 Å². The number of piperazine rings is 1. The number of carbonyl (C=O) groups excluding carboxylic acids is 2. The first kappa shape index (κ1) is 20.4. The first-order chi connectivity index (χ1) is 14.3. The molecule has 3 heterocycles. The number of nitrogens with zero attached hydrogens (tertiary/aromatic N) is 4. The van der Waals surface area contributed by atoms with Crippen LogP contribution < -0.4 is 9.80 Å². The molecule has 0 saturated carbocycles. The third-order valence-electron chi connectivity index (χ3n) is 6.23. The van der Waals surface area contributed by atoms with E-state index in [9.17, 15) is 9.59 Å². The Hall–Kier alpha value is -2.89. The molecule has 0 aliphatic carbocycles. The Balaban J connectivity index is 1.41. The Morgan fingerprint density at radius 3 is 2.27 bits per heavy atom. The Morgan fingerprint density at radius 1 is 1.03 bits per heavy atom. The van der Waals surface area contributed by atoms with Gasteiger partial charge in [0.25, 0.3) is 5.91 Å². The van der Waals surface area contributed by atoms with Crippen molar-refractivity contribution < 1.29 is 9.59 Å². The van der Waals surface area contributed by atoms with E-state index in [0.29, 0.717) is 25.1 Å². The summed E-state index contributed by atoms with van der Waals surface area (Å²) in [7, 11) is 0. The molecular formula is C24H30N4O2. The molecule has 0 atom stereocenters. The molecule has 0 N–H and O–H groups in total. The molecule has 0 spiro atoms. The largest absolute Gasteiger partial charge is 0.353 e. The molecule has 2 aliphatic rings. The minimum absolute atomic E-state index is 0.0433. The molecular weight excluding hydrogens is 376 g/mol. The third kappa shape index (κ3) is 3.78. The van der Waals surface area contributed by atoms with Gasteiger partial charge in [0, 0.05) is 55.6 Å². The number of aromatic nitrogens is 1.